The van der Waals surface area contributed by atoms with Gasteiger partial charge in [-0.2, -0.15) is 0 Å². The summed E-state index contributed by atoms with van der Waals surface area (Å²) in [5.74, 6) is 0. The van der Waals surface area contributed by atoms with Crippen LogP contribution in [-0.4, -0.2) is 0 Å². The molecule has 0 amide bonds. The summed E-state index contributed by atoms with van der Waals surface area (Å²) >= 11 is 0. The SMILES string of the molecule is [2H]C([2H])(Cc1ccccc1)c1cc(CC)cc(C([2H])([2H])c2cc(CC)cc(C([2H])([2H])c3cc(C)cc(CC)c3)c2)c1. The number of aryl methyl sites for hydroxylation is 6. The molecule has 0 saturated carbocycles. The van der Waals surface area contributed by atoms with E-state index in [0.29, 0.717) is 40.7 Å². The quantitative estimate of drug-likeness (QED) is 0.219. The summed E-state index contributed by atoms with van der Waals surface area (Å²) < 4.78 is 54.7. The van der Waals surface area contributed by atoms with Crippen LogP contribution in [0.15, 0.2) is 84.9 Å². The van der Waals surface area contributed by atoms with E-state index in [0.717, 1.165) is 34.2 Å². The van der Waals surface area contributed by atoms with Gasteiger partial charge in [-0.05, 0) is 102 Å². The Balaban J connectivity index is 1.81. The molecule has 0 fully saturated rings. The second kappa shape index (κ2) is 12.0. The standard InChI is InChI=1S/C35H40/c1-5-27-15-26(4)16-32(18-27)23-34-20-29(7-3)21-35(25-34)24-33-19-28(6-2)17-31(22-33)14-13-30-11-9-8-10-12-30/h8-12,15-22,25H,5-7,13-14,23-24H2,1-4H3/i14D2,23D2,24D2. The molecule has 0 radical (unpaired) electrons. The normalized spacial score (nSPS) is 14.9. The molecule has 0 aliphatic carbocycles. The van der Waals surface area contributed by atoms with Gasteiger partial charge in [-0.25, -0.2) is 0 Å². The molecule has 4 rings (SSSR count). The summed E-state index contributed by atoms with van der Waals surface area (Å²) in [4.78, 5) is 0. The summed E-state index contributed by atoms with van der Waals surface area (Å²) in [5.41, 5.74) is 6.89. The van der Waals surface area contributed by atoms with Crippen molar-refractivity contribution in [3.63, 3.8) is 0 Å². The minimum atomic E-state index is -1.96. The van der Waals surface area contributed by atoms with Crippen LogP contribution in [0.5, 0.6) is 0 Å². The van der Waals surface area contributed by atoms with E-state index in [-0.39, 0.29) is 6.42 Å². The van der Waals surface area contributed by atoms with E-state index < -0.39 is 19.1 Å². The van der Waals surface area contributed by atoms with Crippen LogP contribution in [0.1, 0.15) is 84.6 Å². The Bertz CT molecular complexity index is 1500. The monoisotopic (exact) mass is 466 g/mol. The Morgan fingerprint density at radius 2 is 0.886 bits per heavy atom. The minimum Gasteiger partial charge on any atom is -0.0622 e. The maximum Gasteiger partial charge on any atom is 0.0366 e. The van der Waals surface area contributed by atoms with Crippen LogP contribution in [-0.2, 0) is 44.8 Å². The lowest BCUT2D eigenvalue weighted by Crippen LogP contribution is -1.99. The van der Waals surface area contributed by atoms with E-state index >= 15 is 0 Å². The molecule has 0 N–H and O–H groups in total. The van der Waals surface area contributed by atoms with Gasteiger partial charge in [0.25, 0.3) is 0 Å². The number of rotatable bonds is 10. The Morgan fingerprint density at radius 3 is 1.43 bits per heavy atom. The molecule has 0 unspecified atom stereocenters. The van der Waals surface area contributed by atoms with E-state index in [1.54, 1.807) is 12.1 Å². The third kappa shape index (κ3) is 7.18. The van der Waals surface area contributed by atoms with Crippen LogP contribution in [0.3, 0.4) is 0 Å². The van der Waals surface area contributed by atoms with Crippen LogP contribution in [0.4, 0.5) is 0 Å². The first-order chi connectivity index (χ1) is 19.3. The molecular weight excluding hydrogens is 420 g/mol. The first-order valence-electron chi connectivity index (χ1n) is 15.7. The zero-order valence-electron chi connectivity index (χ0n) is 27.4. The second-order valence-electron chi connectivity index (χ2n) is 9.19. The van der Waals surface area contributed by atoms with Crippen molar-refractivity contribution in [3.8, 4) is 0 Å². The van der Waals surface area contributed by atoms with Crippen molar-refractivity contribution in [2.45, 2.75) is 72.5 Å². The summed E-state index contributed by atoms with van der Waals surface area (Å²) in [5, 5.41) is 0. The molecule has 4 aromatic rings. The zero-order chi connectivity index (χ0) is 30.0. The highest BCUT2D eigenvalue weighted by atomic mass is 14.1. The van der Waals surface area contributed by atoms with Crippen molar-refractivity contribution in [3.05, 3.63) is 141 Å². The summed E-state index contributed by atoms with van der Waals surface area (Å²) in [7, 11) is 0. The van der Waals surface area contributed by atoms with Gasteiger partial charge in [0, 0.05) is 8.22 Å². The molecule has 0 heterocycles. The smallest absolute Gasteiger partial charge is 0.0366 e. The molecule has 0 aliphatic rings. The summed E-state index contributed by atoms with van der Waals surface area (Å²) in [6.07, 6.45) is -3.17. The van der Waals surface area contributed by atoms with Gasteiger partial charge in [-0.15, -0.1) is 0 Å². The molecule has 0 aromatic heterocycles. The zero-order valence-corrected chi connectivity index (χ0v) is 21.4. The van der Waals surface area contributed by atoms with Crippen molar-refractivity contribution in [2.24, 2.45) is 0 Å². The molecule has 0 bridgehead atoms. The van der Waals surface area contributed by atoms with Crippen LogP contribution in [0.2, 0.25) is 0 Å². The minimum absolute atomic E-state index is 0.190. The maximum atomic E-state index is 9.30. The molecule has 0 spiro atoms. The molecule has 0 saturated heterocycles. The predicted octanol–water partition coefficient (Wildman–Crippen LogP) is 8.65. The third-order valence-electron chi connectivity index (χ3n) is 6.26. The van der Waals surface area contributed by atoms with Crippen molar-refractivity contribution < 1.29 is 8.22 Å². The molecule has 4 aromatic carbocycles. The molecule has 180 valence electrons. The maximum absolute atomic E-state index is 9.30. The van der Waals surface area contributed by atoms with E-state index in [1.165, 1.54) is 0 Å². The molecule has 0 atom stereocenters. The Hall–Kier alpha value is -3.12. The van der Waals surface area contributed by atoms with Gasteiger partial charge in [0.1, 0.15) is 0 Å². The fourth-order valence-electron chi connectivity index (χ4n) is 4.38. The van der Waals surface area contributed by atoms with Gasteiger partial charge in [0.15, 0.2) is 0 Å². The van der Waals surface area contributed by atoms with Crippen LogP contribution < -0.4 is 0 Å². The van der Waals surface area contributed by atoms with Crippen molar-refractivity contribution in [1.82, 2.24) is 0 Å². The van der Waals surface area contributed by atoms with Crippen molar-refractivity contribution >= 4 is 0 Å². The lowest BCUT2D eigenvalue weighted by atomic mass is 9.92. The fraction of sp³-hybridized carbons (Fsp3) is 0.314. The van der Waals surface area contributed by atoms with Crippen molar-refractivity contribution in [1.29, 1.82) is 0 Å². The highest BCUT2D eigenvalue weighted by Gasteiger charge is 2.07. The largest absolute Gasteiger partial charge is 0.0622 e. The first-order valence-corrected chi connectivity index (χ1v) is 12.7. The third-order valence-corrected chi connectivity index (χ3v) is 6.26. The second-order valence-corrected chi connectivity index (χ2v) is 9.19. The topological polar surface area (TPSA) is 0 Å². The highest BCUT2D eigenvalue weighted by molar-refractivity contribution is 5.40. The molecule has 0 heteroatoms. The molecule has 0 nitrogen and oxygen atoms in total. The molecular formula is C35H40. The van der Waals surface area contributed by atoms with E-state index in [9.17, 15) is 2.74 Å². The predicted molar refractivity (Wildman–Crippen MR) is 152 cm³/mol. The Labute approximate surface area is 221 Å². The lowest BCUT2D eigenvalue weighted by molar-refractivity contribution is 0.946. The van der Waals surface area contributed by atoms with E-state index in [1.807, 2.05) is 87.5 Å². The van der Waals surface area contributed by atoms with Gasteiger partial charge in [-0.3, -0.25) is 0 Å². The van der Waals surface area contributed by atoms with E-state index in [2.05, 4.69) is 13.0 Å². The van der Waals surface area contributed by atoms with Gasteiger partial charge < -0.3 is 0 Å². The van der Waals surface area contributed by atoms with Gasteiger partial charge in [0.2, 0.25) is 0 Å². The van der Waals surface area contributed by atoms with Crippen molar-refractivity contribution in [2.75, 3.05) is 0 Å². The fourth-order valence-corrected chi connectivity index (χ4v) is 4.38. The molecule has 0 aliphatic heterocycles. The first kappa shape index (κ1) is 18.2. The van der Waals surface area contributed by atoms with E-state index in [4.69, 9.17) is 5.48 Å². The number of hydrogen-bond acceptors (Lipinski definition) is 0. The van der Waals surface area contributed by atoms with Gasteiger partial charge >= 0.3 is 0 Å². The average Bonchev–Trinajstić information content (AvgIpc) is 2.96. The molecule has 35 heavy (non-hydrogen) atoms. The number of hydrogen-bond donors (Lipinski definition) is 0. The highest BCUT2D eigenvalue weighted by Crippen LogP contribution is 2.22. The van der Waals surface area contributed by atoms with Gasteiger partial charge in [-0.1, -0.05) is 111 Å². The summed E-state index contributed by atoms with van der Waals surface area (Å²) in [6, 6.07) is 26.0. The summed E-state index contributed by atoms with van der Waals surface area (Å²) in [6.45, 7) is 8.01. The Morgan fingerprint density at radius 1 is 0.486 bits per heavy atom. The lowest BCUT2D eigenvalue weighted by Gasteiger charge is -2.13. The van der Waals surface area contributed by atoms with Crippen LogP contribution in [0, 0.1) is 6.92 Å². The van der Waals surface area contributed by atoms with Gasteiger partial charge in [0.05, 0.1) is 0 Å². The van der Waals surface area contributed by atoms with Crippen LogP contribution >= 0.6 is 0 Å². The Kier molecular flexibility index (Phi) is 6.25. The van der Waals surface area contributed by atoms with Crippen LogP contribution in [0.25, 0.3) is 0 Å². The number of benzene rings is 4. The average molecular weight is 467 g/mol.